The first kappa shape index (κ1) is 62.9. The van der Waals surface area contributed by atoms with E-state index in [2.05, 4.69) is 19.2 Å². The molecule has 2 unspecified atom stereocenters. The van der Waals surface area contributed by atoms with Crippen LogP contribution in [-0.4, -0.2) is 47.4 Å². The van der Waals surface area contributed by atoms with Crippen LogP contribution in [0.5, 0.6) is 0 Å². The molecular formula is C58H115NO5. The number of ether oxygens (including phenoxy) is 1. The number of hydrogen-bond acceptors (Lipinski definition) is 5. The molecule has 0 saturated carbocycles. The maximum absolute atomic E-state index is 12.5. The summed E-state index contributed by atoms with van der Waals surface area (Å²) in [6, 6.07) is -0.545. The third-order valence-electron chi connectivity index (χ3n) is 13.9. The van der Waals surface area contributed by atoms with Crippen molar-refractivity contribution in [3.63, 3.8) is 0 Å². The number of esters is 1. The van der Waals surface area contributed by atoms with Crippen LogP contribution in [0.4, 0.5) is 0 Å². The van der Waals surface area contributed by atoms with Gasteiger partial charge in [0.15, 0.2) is 0 Å². The number of hydrogen-bond donors (Lipinski definition) is 3. The standard InChI is InChI=1S/C58H115NO5/c1-3-5-7-9-11-13-15-17-19-20-23-26-30-34-38-42-46-50-56(61)55(54-60)59-57(62)51-47-43-39-35-31-27-24-21-22-25-29-33-37-41-45-49-53-64-58(63)52-48-44-40-36-32-28-18-16-14-12-10-8-6-4-2/h55-56,60-61H,3-54H2,1-2H3,(H,59,62). The summed E-state index contributed by atoms with van der Waals surface area (Å²) in [5.41, 5.74) is 0. The summed E-state index contributed by atoms with van der Waals surface area (Å²) in [4.78, 5) is 24.5. The van der Waals surface area contributed by atoms with Crippen molar-refractivity contribution in [2.24, 2.45) is 0 Å². The lowest BCUT2D eigenvalue weighted by molar-refractivity contribution is -0.143. The molecule has 0 radical (unpaired) electrons. The topological polar surface area (TPSA) is 95.9 Å². The highest BCUT2D eigenvalue weighted by Gasteiger charge is 2.20. The SMILES string of the molecule is CCCCCCCCCCCCCCCCCCCC(O)C(CO)NC(=O)CCCCCCCCCCCCCCCCCCOC(=O)CCCCCCCCCCCCCCCC. The van der Waals surface area contributed by atoms with Gasteiger partial charge in [-0.05, 0) is 25.7 Å². The van der Waals surface area contributed by atoms with Gasteiger partial charge in [0, 0.05) is 12.8 Å². The minimum absolute atomic E-state index is 0.00652. The molecule has 0 aromatic heterocycles. The Labute approximate surface area is 400 Å². The Balaban J connectivity index is 3.41. The highest BCUT2D eigenvalue weighted by Crippen LogP contribution is 2.18. The Morgan fingerprint density at radius 2 is 0.641 bits per heavy atom. The number of aliphatic hydroxyl groups is 2. The highest BCUT2D eigenvalue weighted by atomic mass is 16.5. The summed E-state index contributed by atoms with van der Waals surface area (Å²) >= 11 is 0. The summed E-state index contributed by atoms with van der Waals surface area (Å²) in [6.45, 7) is 4.97. The van der Waals surface area contributed by atoms with Crippen molar-refractivity contribution in [3.8, 4) is 0 Å². The quantitative estimate of drug-likeness (QED) is 0.0417. The van der Waals surface area contributed by atoms with E-state index in [0.717, 1.165) is 38.5 Å². The first-order chi connectivity index (χ1) is 31.5. The van der Waals surface area contributed by atoms with Crippen molar-refractivity contribution >= 4 is 11.9 Å². The number of amides is 1. The molecule has 382 valence electrons. The molecular weight excluding hydrogens is 791 g/mol. The second-order valence-electron chi connectivity index (χ2n) is 20.3. The molecule has 6 heteroatoms. The fourth-order valence-electron chi connectivity index (χ4n) is 9.41. The smallest absolute Gasteiger partial charge is 0.305 e. The van der Waals surface area contributed by atoms with Gasteiger partial charge in [0.25, 0.3) is 0 Å². The fraction of sp³-hybridized carbons (Fsp3) is 0.966. The number of rotatable bonds is 55. The lowest BCUT2D eigenvalue weighted by atomic mass is 10.0. The van der Waals surface area contributed by atoms with Crippen molar-refractivity contribution < 1.29 is 24.5 Å². The van der Waals surface area contributed by atoms with Crippen LogP contribution in [0.1, 0.15) is 335 Å². The lowest BCUT2D eigenvalue weighted by Gasteiger charge is -2.22. The van der Waals surface area contributed by atoms with Crippen LogP contribution < -0.4 is 5.32 Å². The van der Waals surface area contributed by atoms with Crippen LogP contribution in [0, 0.1) is 0 Å². The van der Waals surface area contributed by atoms with Gasteiger partial charge in [-0.2, -0.15) is 0 Å². The molecule has 0 aliphatic rings. The number of aliphatic hydroxyl groups excluding tert-OH is 2. The second kappa shape index (κ2) is 54.5. The van der Waals surface area contributed by atoms with Crippen molar-refractivity contribution in [1.29, 1.82) is 0 Å². The van der Waals surface area contributed by atoms with Gasteiger partial charge in [0.05, 0.1) is 25.4 Å². The van der Waals surface area contributed by atoms with Crippen LogP contribution >= 0.6 is 0 Å². The first-order valence-corrected chi connectivity index (χ1v) is 29.3. The van der Waals surface area contributed by atoms with E-state index in [-0.39, 0.29) is 18.5 Å². The van der Waals surface area contributed by atoms with Crippen molar-refractivity contribution in [3.05, 3.63) is 0 Å². The maximum atomic E-state index is 12.5. The van der Waals surface area contributed by atoms with Crippen molar-refractivity contribution in [2.45, 2.75) is 347 Å². The lowest BCUT2D eigenvalue weighted by Crippen LogP contribution is -2.45. The number of carbonyl (C=O) groups is 2. The van der Waals surface area contributed by atoms with Gasteiger partial charge in [-0.15, -0.1) is 0 Å². The van der Waals surface area contributed by atoms with E-state index >= 15 is 0 Å². The zero-order chi connectivity index (χ0) is 46.5. The number of carbonyl (C=O) groups excluding carboxylic acids is 2. The summed E-state index contributed by atoms with van der Waals surface area (Å²) < 4.78 is 5.48. The highest BCUT2D eigenvalue weighted by molar-refractivity contribution is 5.76. The van der Waals surface area contributed by atoms with E-state index in [4.69, 9.17) is 4.74 Å². The van der Waals surface area contributed by atoms with Gasteiger partial charge in [0.1, 0.15) is 0 Å². The summed E-state index contributed by atoms with van der Waals surface area (Å²) in [6.07, 6.45) is 62.3. The average Bonchev–Trinajstić information content (AvgIpc) is 3.29. The molecule has 0 aromatic carbocycles. The van der Waals surface area contributed by atoms with Gasteiger partial charge in [-0.25, -0.2) is 0 Å². The van der Waals surface area contributed by atoms with Gasteiger partial charge < -0.3 is 20.3 Å². The van der Waals surface area contributed by atoms with E-state index in [1.807, 2.05) is 0 Å². The van der Waals surface area contributed by atoms with Crippen LogP contribution in [0.25, 0.3) is 0 Å². The molecule has 6 nitrogen and oxygen atoms in total. The van der Waals surface area contributed by atoms with E-state index in [1.54, 1.807) is 0 Å². The largest absolute Gasteiger partial charge is 0.466 e. The molecule has 0 rings (SSSR count). The molecule has 0 aliphatic carbocycles. The maximum Gasteiger partial charge on any atom is 0.305 e. The van der Waals surface area contributed by atoms with Crippen molar-refractivity contribution in [2.75, 3.05) is 13.2 Å². The Kier molecular flexibility index (Phi) is 53.5. The van der Waals surface area contributed by atoms with Gasteiger partial charge in [-0.1, -0.05) is 296 Å². The molecule has 1 amide bonds. The average molecular weight is 907 g/mol. The summed E-state index contributed by atoms with van der Waals surface area (Å²) in [5.74, 6) is -0.0317. The molecule has 2 atom stereocenters. The Hall–Kier alpha value is -1.14. The van der Waals surface area contributed by atoms with E-state index in [1.165, 1.54) is 263 Å². The predicted octanol–water partition coefficient (Wildman–Crippen LogP) is 17.9. The van der Waals surface area contributed by atoms with Crippen LogP contribution in [-0.2, 0) is 14.3 Å². The Morgan fingerprint density at radius 3 is 0.953 bits per heavy atom. The Bertz CT molecular complexity index is 913. The van der Waals surface area contributed by atoms with E-state index in [9.17, 15) is 19.8 Å². The minimum Gasteiger partial charge on any atom is -0.466 e. The molecule has 0 fully saturated rings. The molecule has 0 aromatic rings. The number of nitrogens with one attached hydrogen (secondary N) is 1. The predicted molar refractivity (Wildman–Crippen MR) is 278 cm³/mol. The van der Waals surface area contributed by atoms with E-state index in [0.29, 0.717) is 25.9 Å². The van der Waals surface area contributed by atoms with Gasteiger partial charge in [-0.3, -0.25) is 9.59 Å². The third kappa shape index (κ3) is 50.3. The number of unbranched alkanes of at least 4 members (excludes halogenated alkanes) is 44. The van der Waals surface area contributed by atoms with Crippen molar-refractivity contribution in [1.82, 2.24) is 5.32 Å². The molecule has 0 bridgehead atoms. The molecule has 3 N–H and O–H groups in total. The molecule has 0 saturated heterocycles. The van der Waals surface area contributed by atoms with Crippen LogP contribution in [0.15, 0.2) is 0 Å². The monoisotopic (exact) mass is 906 g/mol. The second-order valence-corrected chi connectivity index (χ2v) is 20.3. The molecule has 0 spiro atoms. The third-order valence-corrected chi connectivity index (χ3v) is 13.9. The van der Waals surface area contributed by atoms with Gasteiger partial charge >= 0.3 is 5.97 Å². The van der Waals surface area contributed by atoms with Crippen LogP contribution in [0.3, 0.4) is 0 Å². The molecule has 0 aliphatic heterocycles. The Morgan fingerprint density at radius 1 is 0.375 bits per heavy atom. The first-order valence-electron chi connectivity index (χ1n) is 29.3. The van der Waals surface area contributed by atoms with E-state index < -0.39 is 12.1 Å². The minimum atomic E-state index is -0.667. The molecule has 0 heterocycles. The fourth-order valence-corrected chi connectivity index (χ4v) is 9.41. The summed E-state index contributed by atoms with van der Waals surface area (Å²) in [7, 11) is 0. The normalized spacial score (nSPS) is 12.5. The zero-order valence-electron chi connectivity index (χ0n) is 43.5. The van der Waals surface area contributed by atoms with Crippen LogP contribution in [0.2, 0.25) is 0 Å². The summed E-state index contributed by atoms with van der Waals surface area (Å²) in [5, 5.41) is 23.3. The molecule has 64 heavy (non-hydrogen) atoms. The van der Waals surface area contributed by atoms with Gasteiger partial charge in [0.2, 0.25) is 5.91 Å². The zero-order valence-corrected chi connectivity index (χ0v) is 43.5.